The van der Waals surface area contributed by atoms with Gasteiger partial charge in [0.25, 0.3) is 0 Å². The van der Waals surface area contributed by atoms with E-state index in [4.69, 9.17) is 4.74 Å². The number of Topliss-reactive ketones (excluding diaryl/α,β-unsaturated/α-hetero) is 1. The lowest BCUT2D eigenvalue weighted by molar-refractivity contribution is 0.0988. The van der Waals surface area contributed by atoms with Gasteiger partial charge in [0.15, 0.2) is 5.78 Å². The Balaban J connectivity index is 3.31. The molecule has 0 bridgehead atoms. The first-order valence-corrected chi connectivity index (χ1v) is 6.74. The maximum Gasteiger partial charge on any atom is 0.180 e. The fraction of sp³-hybridized carbons (Fsp3) is 0.562. The van der Waals surface area contributed by atoms with Crippen LogP contribution in [0.4, 0.5) is 0 Å². The zero-order chi connectivity index (χ0) is 14.6. The van der Waals surface area contributed by atoms with E-state index in [0.29, 0.717) is 17.9 Å². The SMILES string of the molecule is CCNCC(=O)c1cc(C)cc(C(C)(C)C)c1OC. The van der Waals surface area contributed by atoms with Gasteiger partial charge in [-0.25, -0.2) is 0 Å². The molecule has 0 spiro atoms. The number of methoxy groups -OCH3 is 1. The minimum atomic E-state index is -0.0510. The Labute approximate surface area is 116 Å². The average Bonchev–Trinajstić information content (AvgIpc) is 2.33. The zero-order valence-electron chi connectivity index (χ0n) is 12.9. The number of carbonyl (C=O) groups excluding carboxylic acids is 1. The first kappa shape index (κ1) is 15.7. The average molecular weight is 263 g/mol. The van der Waals surface area contributed by atoms with Crippen LogP contribution in [-0.2, 0) is 5.41 Å². The van der Waals surface area contributed by atoms with Crippen molar-refractivity contribution >= 4 is 5.78 Å². The van der Waals surface area contributed by atoms with Gasteiger partial charge in [0.05, 0.1) is 19.2 Å². The van der Waals surface area contributed by atoms with Gasteiger partial charge in [-0.05, 0) is 30.5 Å². The third-order valence-electron chi connectivity index (χ3n) is 3.08. The number of ether oxygens (including phenoxy) is 1. The van der Waals surface area contributed by atoms with Crippen LogP contribution in [0.5, 0.6) is 5.75 Å². The summed E-state index contributed by atoms with van der Waals surface area (Å²) in [6, 6.07) is 4.01. The molecule has 0 radical (unpaired) electrons. The van der Waals surface area contributed by atoms with Crippen molar-refractivity contribution in [2.75, 3.05) is 20.2 Å². The van der Waals surface area contributed by atoms with Crippen LogP contribution in [0.25, 0.3) is 0 Å². The summed E-state index contributed by atoms with van der Waals surface area (Å²) >= 11 is 0. The number of nitrogens with one attached hydrogen (secondary N) is 1. The molecular formula is C16H25NO2. The van der Waals surface area contributed by atoms with Crippen LogP contribution >= 0.6 is 0 Å². The molecule has 0 aliphatic heterocycles. The van der Waals surface area contributed by atoms with Gasteiger partial charge in [-0.15, -0.1) is 0 Å². The minimum absolute atomic E-state index is 0.0510. The summed E-state index contributed by atoms with van der Waals surface area (Å²) in [6.45, 7) is 11.5. The van der Waals surface area contributed by atoms with Gasteiger partial charge in [-0.3, -0.25) is 4.79 Å². The fourth-order valence-corrected chi connectivity index (χ4v) is 2.09. The molecule has 106 valence electrons. The molecule has 0 heterocycles. The first-order valence-electron chi connectivity index (χ1n) is 6.74. The molecule has 0 amide bonds. The molecule has 3 nitrogen and oxygen atoms in total. The number of hydrogen-bond donors (Lipinski definition) is 1. The molecule has 0 atom stereocenters. The normalized spacial score (nSPS) is 11.5. The van der Waals surface area contributed by atoms with Gasteiger partial charge in [-0.2, -0.15) is 0 Å². The number of hydrogen-bond acceptors (Lipinski definition) is 3. The number of benzene rings is 1. The highest BCUT2D eigenvalue weighted by molar-refractivity contribution is 6.00. The Bertz CT molecular complexity index is 459. The second-order valence-corrected chi connectivity index (χ2v) is 5.85. The van der Waals surface area contributed by atoms with Crippen LogP contribution in [0.3, 0.4) is 0 Å². The molecule has 19 heavy (non-hydrogen) atoms. The Morgan fingerprint density at radius 3 is 2.42 bits per heavy atom. The van der Waals surface area contributed by atoms with Crippen LogP contribution in [-0.4, -0.2) is 26.0 Å². The summed E-state index contributed by atoms with van der Waals surface area (Å²) in [5, 5.41) is 3.07. The van der Waals surface area contributed by atoms with Gasteiger partial charge in [0.1, 0.15) is 5.75 Å². The molecule has 0 unspecified atom stereocenters. The largest absolute Gasteiger partial charge is 0.496 e. The van der Waals surface area contributed by atoms with Crippen molar-refractivity contribution in [2.45, 2.75) is 40.0 Å². The summed E-state index contributed by atoms with van der Waals surface area (Å²) in [6.07, 6.45) is 0. The van der Waals surface area contributed by atoms with E-state index in [9.17, 15) is 4.79 Å². The smallest absolute Gasteiger partial charge is 0.180 e. The highest BCUT2D eigenvalue weighted by Crippen LogP contribution is 2.35. The Morgan fingerprint density at radius 2 is 1.95 bits per heavy atom. The molecule has 1 aromatic carbocycles. The lowest BCUT2D eigenvalue weighted by Gasteiger charge is -2.24. The second-order valence-electron chi connectivity index (χ2n) is 5.85. The van der Waals surface area contributed by atoms with E-state index in [2.05, 4.69) is 32.2 Å². The molecule has 1 N–H and O–H groups in total. The Kier molecular flexibility index (Phi) is 5.12. The molecule has 0 aliphatic carbocycles. The van der Waals surface area contributed by atoms with Crippen LogP contribution in [0.15, 0.2) is 12.1 Å². The standard InChI is InChI=1S/C16H25NO2/c1-7-17-10-14(18)12-8-11(2)9-13(15(12)19-6)16(3,4)5/h8-9,17H,7,10H2,1-6H3. The molecule has 0 fully saturated rings. The van der Waals surface area contributed by atoms with Crippen molar-refractivity contribution in [1.82, 2.24) is 5.32 Å². The van der Waals surface area contributed by atoms with Crippen molar-refractivity contribution in [2.24, 2.45) is 0 Å². The predicted octanol–water partition coefficient (Wildman–Crippen LogP) is 3.09. The van der Waals surface area contributed by atoms with E-state index in [1.165, 1.54) is 0 Å². The van der Waals surface area contributed by atoms with Crippen molar-refractivity contribution in [3.05, 3.63) is 28.8 Å². The molecule has 3 heteroatoms. The van der Waals surface area contributed by atoms with Gasteiger partial charge in [0.2, 0.25) is 0 Å². The Hall–Kier alpha value is -1.35. The monoisotopic (exact) mass is 263 g/mol. The van der Waals surface area contributed by atoms with E-state index < -0.39 is 0 Å². The van der Waals surface area contributed by atoms with E-state index >= 15 is 0 Å². The van der Waals surface area contributed by atoms with E-state index in [1.807, 2.05) is 19.9 Å². The highest BCUT2D eigenvalue weighted by Gasteiger charge is 2.24. The maximum atomic E-state index is 12.3. The quantitative estimate of drug-likeness (QED) is 0.830. The van der Waals surface area contributed by atoms with Gasteiger partial charge in [0, 0.05) is 5.56 Å². The molecule has 0 saturated heterocycles. The van der Waals surface area contributed by atoms with Crippen LogP contribution in [0.2, 0.25) is 0 Å². The maximum absolute atomic E-state index is 12.3. The van der Waals surface area contributed by atoms with E-state index in [-0.39, 0.29) is 11.2 Å². The van der Waals surface area contributed by atoms with Gasteiger partial charge < -0.3 is 10.1 Å². The summed E-state index contributed by atoms with van der Waals surface area (Å²) in [4.78, 5) is 12.3. The third-order valence-corrected chi connectivity index (χ3v) is 3.08. The molecule has 0 aliphatic rings. The lowest BCUT2D eigenvalue weighted by atomic mass is 9.83. The summed E-state index contributed by atoms with van der Waals surface area (Å²) in [5.41, 5.74) is 2.79. The van der Waals surface area contributed by atoms with Crippen molar-refractivity contribution in [3.8, 4) is 5.75 Å². The summed E-state index contributed by atoms with van der Waals surface area (Å²) in [5.74, 6) is 0.786. The zero-order valence-corrected chi connectivity index (χ0v) is 12.9. The van der Waals surface area contributed by atoms with Gasteiger partial charge in [-0.1, -0.05) is 33.8 Å². The minimum Gasteiger partial charge on any atom is -0.496 e. The number of aryl methyl sites for hydroxylation is 1. The molecule has 1 aromatic rings. The second kappa shape index (κ2) is 6.20. The van der Waals surface area contributed by atoms with Crippen LogP contribution in [0.1, 0.15) is 49.2 Å². The molecule has 1 rings (SSSR count). The van der Waals surface area contributed by atoms with E-state index in [0.717, 1.165) is 17.7 Å². The molecular weight excluding hydrogens is 238 g/mol. The first-order chi connectivity index (χ1) is 8.81. The number of ketones is 1. The third kappa shape index (κ3) is 3.80. The van der Waals surface area contributed by atoms with Crippen molar-refractivity contribution in [1.29, 1.82) is 0 Å². The lowest BCUT2D eigenvalue weighted by Crippen LogP contribution is -2.24. The van der Waals surface area contributed by atoms with Crippen LogP contribution < -0.4 is 10.1 Å². The summed E-state index contributed by atoms with van der Waals surface area (Å²) < 4.78 is 5.51. The van der Waals surface area contributed by atoms with E-state index in [1.54, 1.807) is 7.11 Å². The predicted molar refractivity (Wildman–Crippen MR) is 79.3 cm³/mol. The highest BCUT2D eigenvalue weighted by atomic mass is 16.5. The number of carbonyl (C=O) groups is 1. The fourth-order valence-electron chi connectivity index (χ4n) is 2.09. The topological polar surface area (TPSA) is 38.3 Å². The number of rotatable bonds is 5. The summed E-state index contributed by atoms with van der Waals surface area (Å²) in [7, 11) is 1.63. The molecule has 0 aromatic heterocycles. The molecule has 0 saturated carbocycles. The number of likely N-dealkylation sites (N-methyl/N-ethyl adjacent to an activating group) is 1. The van der Waals surface area contributed by atoms with Gasteiger partial charge >= 0.3 is 0 Å². The van der Waals surface area contributed by atoms with Crippen molar-refractivity contribution in [3.63, 3.8) is 0 Å². The van der Waals surface area contributed by atoms with Crippen LogP contribution in [0, 0.1) is 6.92 Å². The van der Waals surface area contributed by atoms with Crippen molar-refractivity contribution < 1.29 is 9.53 Å². The Morgan fingerprint density at radius 1 is 1.32 bits per heavy atom.